The first-order valence-corrected chi connectivity index (χ1v) is 4.47. The van der Waals surface area contributed by atoms with Gasteiger partial charge in [0.25, 0.3) is 0 Å². The number of rotatable bonds is 0. The van der Waals surface area contributed by atoms with E-state index in [1.54, 1.807) is 0 Å². The summed E-state index contributed by atoms with van der Waals surface area (Å²) in [4.78, 5) is 4.33. The third-order valence-electron chi connectivity index (χ3n) is 2.05. The van der Waals surface area contributed by atoms with Gasteiger partial charge in [-0.3, -0.25) is 0 Å². The minimum Gasteiger partial charge on any atom is -0.323 e. The molecule has 0 amide bonds. The van der Waals surface area contributed by atoms with Gasteiger partial charge in [-0.2, -0.15) is 0 Å². The summed E-state index contributed by atoms with van der Waals surface area (Å²) >= 11 is 3.33. The Morgan fingerprint density at radius 3 is 3.18 bits per heavy atom. The number of hydrogen-bond acceptors (Lipinski definition) is 2. The third kappa shape index (κ3) is 1.19. The summed E-state index contributed by atoms with van der Waals surface area (Å²) in [6.07, 6.45) is 2.12. The van der Waals surface area contributed by atoms with E-state index in [4.69, 9.17) is 5.73 Å². The van der Waals surface area contributed by atoms with Gasteiger partial charge in [-0.15, -0.1) is 0 Å². The lowest BCUT2D eigenvalue weighted by molar-refractivity contribution is 0.696. The Balaban J connectivity index is 2.52. The molecular weight excluding hydrogens is 204 g/mol. The summed E-state index contributed by atoms with van der Waals surface area (Å²) < 4.78 is 0.883. The molecule has 2 rings (SSSR count). The molecule has 3 heteroatoms. The molecule has 58 valence electrons. The number of aromatic nitrogens is 1. The highest BCUT2D eigenvalue weighted by Gasteiger charge is 2.19. The highest BCUT2D eigenvalue weighted by atomic mass is 79.9. The standard InChI is InChI=1S/C8H9BrN2/c9-7-4-2-5-1-3-6(10)8(5)11-7/h2,4,6H,1,3,10H2. The van der Waals surface area contributed by atoms with Crippen LogP contribution in [0.2, 0.25) is 0 Å². The Morgan fingerprint density at radius 2 is 2.36 bits per heavy atom. The summed E-state index contributed by atoms with van der Waals surface area (Å²) in [5.41, 5.74) is 8.21. The Hall–Kier alpha value is -0.410. The van der Waals surface area contributed by atoms with Crippen molar-refractivity contribution < 1.29 is 0 Å². The molecule has 1 unspecified atom stereocenters. The molecule has 0 aliphatic heterocycles. The molecule has 1 aromatic heterocycles. The van der Waals surface area contributed by atoms with Crippen molar-refractivity contribution >= 4 is 15.9 Å². The molecule has 0 saturated carbocycles. The van der Waals surface area contributed by atoms with Crippen LogP contribution < -0.4 is 5.73 Å². The van der Waals surface area contributed by atoms with Gasteiger partial charge >= 0.3 is 0 Å². The fourth-order valence-electron chi connectivity index (χ4n) is 1.46. The van der Waals surface area contributed by atoms with E-state index in [9.17, 15) is 0 Å². The van der Waals surface area contributed by atoms with Crippen LogP contribution in [0.3, 0.4) is 0 Å². The topological polar surface area (TPSA) is 38.9 Å². The van der Waals surface area contributed by atoms with Crippen LogP contribution in [0.5, 0.6) is 0 Å². The minimum atomic E-state index is 0.155. The maximum Gasteiger partial charge on any atom is 0.106 e. The lowest BCUT2D eigenvalue weighted by atomic mass is 10.2. The second kappa shape index (κ2) is 2.57. The predicted octanol–water partition coefficient (Wildman–Crippen LogP) is 1.79. The molecule has 0 radical (unpaired) electrons. The van der Waals surface area contributed by atoms with E-state index >= 15 is 0 Å². The van der Waals surface area contributed by atoms with Crippen molar-refractivity contribution in [1.29, 1.82) is 0 Å². The summed E-state index contributed by atoms with van der Waals surface area (Å²) in [6, 6.07) is 4.22. The van der Waals surface area contributed by atoms with Gasteiger partial charge in [0.1, 0.15) is 4.60 Å². The van der Waals surface area contributed by atoms with Gasteiger partial charge < -0.3 is 5.73 Å². The lowest BCUT2D eigenvalue weighted by Crippen LogP contribution is -2.07. The molecule has 0 saturated heterocycles. The van der Waals surface area contributed by atoms with E-state index in [1.807, 2.05) is 6.07 Å². The summed E-state index contributed by atoms with van der Waals surface area (Å²) in [5.74, 6) is 0. The predicted molar refractivity (Wildman–Crippen MR) is 47.2 cm³/mol. The first-order valence-electron chi connectivity index (χ1n) is 3.68. The van der Waals surface area contributed by atoms with Crippen LogP contribution >= 0.6 is 15.9 Å². The van der Waals surface area contributed by atoms with Gasteiger partial charge in [-0.1, -0.05) is 6.07 Å². The molecule has 0 bridgehead atoms. The molecule has 1 aromatic rings. The zero-order valence-corrected chi connectivity index (χ0v) is 7.63. The average molecular weight is 213 g/mol. The van der Waals surface area contributed by atoms with Crippen molar-refractivity contribution in [1.82, 2.24) is 4.98 Å². The van der Waals surface area contributed by atoms with Gasteiger partial charge in [0.05, 0.1) is 5.69 Å². The van der Waals surface area contributed by atoms with E-state index < -0.39 is 0 Å². The minimum absolute atomic E-state index is 0.155. The molecule has 0 spiro atoms. The van der Waals surface area contributed by atoms with E-state index in [1.165, 1.54) is 5.56 Å². The van der Waals surface area contributed by atoms with E-state index in [0.717, 1.165) is 23.1 Å². The van der Waals surface area contributed by atoms with Gasteiger partial charge in [-0.25, -0.2) is 4.98 Å². The van der Waals surface area contributed by atoms with Gasteiger partial charge in [-0.05, 0) is 40.4 Å². The molecule has 1 aliphatic rings. The molecule has 1 aliphatic carbocycles. The summed E-state index contributed by atoms with van der Waals surface area (Å²) in [6.45, 7) is 0. The smallest absolute Gasteiger partial charge is 0.106 e. The normalized spacial score (nSPS) is 21.8. The molecule has 0 fully saturated rings. The van der Waals surface area contributed by atoms with Crippen molar-refractivity contribution in [2.75, 3.05) is 0 Å². The second-order valence-corrected chi connectivity index (χ2v) is 3.64. The van der Waals surface area contributed by atoms with E-state index in [2.05, 4.69) is 27.0 Å². The maximum absolute atomic E-state index is 5.83. The van der Waals surface area contributed by atoms with Crippen molar-refractivity contribution in [3.8, 4) is 0 Å². The fraction of sp³-hybridized carbons (Fsp3) is 0.375. The Kier molecular flexibility index (Phi) is 1.69. The number of pyridine rings is 1. The monoisotopic (exact) mass is 212 g/mol. The Bertz CT molecular complexity index is 285. The molecule has 2 N–H and O–H groups in total. The highest BCUT2D eigenvalue weighted by Crippen LogP contribution is 2.28. The first-order chi connectivity index (χ1) is 5.27. The SMILES string of the molecule is NC1CCc2ccc(Br)nc21. The number of nitrogens with two attached hydrogens (primary N) is 1. The maximum atomic E-state index is 5.83. The molecule has 0 aromatic carbocycles. The van der Waals surface area contributed by atoms with E-state index in [-0.39, 0.29) is 6.04 Å². The van der Waals surface area contributed by atoms with Gasteiger partial charge in [0.15, 0.2) is 0 Å². The van der Waals surface area contributed by atoms with Crippen LogP contribution in [0.4, 0.5) is 0 Å². The van der Waals surface area contributed by atoms with Crippen molar-refractivity contribution in [2.45, 2.75) is 18.9 Å². The number of aryl methyl sites for hydroxylation is 1. The van der Waals surface area contributed by atoms with Crippen molar-refractivity contribution in [2.24, 2.45) is 5.73 Å². The Morgan fingerprint density at radius 1 is 1.55 bits per heavy atom. The fourth-order valence-corrected chi connectivity index (χ4v) is 1.78. The van der Waals surface area contributed by atoms with Crippen LogP contribution in [-0.4, -0.2) is 4.98 Å². The van der Waals surface area contributed by atoms with Crippen LogP contribution in [0.15, 0.2) is 16.7 Å². The summed E-state index contributed by atoms with van der Waals surface area (Å²) in [7, 11) is 0. The molecule has 2 nitrogen and oxygen atoms in total. The molecular formula is C8H9BrN2. The summed E-state index contributed by atoms with van der Waals surface area (Å²) in [5, 5.41) is 0. The Labute approximate surface area is 73.9 Å². The molecule has 1 heterocycles. The largest absolute Gasteiger partial charge is 0.323 e. The number of nitrogens with zero attached hydrogens (tertiary/aromatic N) is 1. The third-order valence-corrected chi connectivity index (χ3v) is 2.50. The van der Waals surface area contributed by atoms with Crippen LogP contribution in [-0.2, 0) is 6.42 Å². The molecule has 1 atom stereocenters. The van der Waals surface area contributed by atoms with Crippen LogP contribution in [0.1, 0.15) is 23.7 Å². The van der Waals surface area contributed by atoms with E-state index in [0.29, 0.717) is 0 Å². The highest BCUT2D eigenvalue weighted by molar-refractivity contribution is 9.10. The number of fused-ring (bicyclic) bond motifs is 1. The number of hydrogen-bond donors (Lipinski definition) is 1. The zero-order valence-electron chi connectivity index (χ0n) is 6.05. The van der Waals surface area contributed by atoms with Crippen LogP contribution in [0.25, 0.3) is 0 Å². The van der Waals surface area contributed by atoms with Gasteiger partial charge in [0.2, 0.25) is 0 Å². The zero-order chi connectivity index (χ0) is 7.84. The van der Waals surface area contributed by atoms with Gasteiger partial charge in [0, 0.05) is 6.04 Å². The molecule has 11 heavy (non-hydrogen) atoms. The van der Waals surface area contributed by atoms with Crippen LogP contribution in [0, 0.1) is 0 Å². The first kappa shape index (κ1) is 7.25. The van der Waals surface area contributed by atoms with Crippen molar-refractivity contribution in [3.63, 3.8) is 0 Å². The average Bonchev–Trinajstić information content (AvgIpc) is 2.33. The second-order valence-electron chi connectivity index (χ2n) is 2.82. The lowest BCUT2D eigenvalue weighted by Gasteiger charge is -2.02. The number of halogens is 1. The van der Waals surface area contributed by atoms with Crippen molar-refractivity contribution in [3.05, 3.63) is 28.0 Å². The quantitative estimate of drug-likeness (QED) is 0.667.